The number of piperazine rings is 1. The maximum absolute atomic E-state index is 11.0. The molecule has 2 rings (SSSR count). The van der Waals surface area contributed by atoms with E-state index in [2.05, 4.69) is 34.1 Å². The van der Waals surface area contributed by atoms with Crippen molar-refractivity contribution in [3.05, 3.63) is 35.4 Å². The van der Waals surface area contributed by atoms with Gasteiger partial charge in [-0.05, 0) is 31.0 Å². The van der Waals surface area contributed by atoms with E-state index in [9.17, 15) is 4.79 Å². The average Bonchev–Trinajstić information content (AvgIpc) is 2.49. The van der Waals surface area contributed by atoms with Crippen molar-refractivity contribution in [2.45, 2.75) is 32.9 Å². The molecule has 0 saturated carbocycles. The molecule has 2 N–H and O–H groups in total. The zero-order valence-corrected chi connectivity index (χ0v) is 13.1. The molecule has 1 aromatic carbocycles. The average molecular weight is 289 g/mol. The minimum Gasteiger partial charge on any atom is -0.326 e. The number of rotatable bonds is 7. The van der Waals surface area contributed by atoms with Crippen LogP contribution < -0.4 is 5.73 Å². The van der Waals surface area contributed by atoms with Crippen molar-refractivity contribution in [1.29, 1.82) is 0 Å². The van der Waals surface area contributed by atoms with E-state index in [4.69, 9.17) is 5.73 Å². The quantitative estimate of drug-likeness (QED) is 0.829. The van der Waals surface area contributed by atoms with Gasteiger partial charge >= 0.3 is 0 Å². The maximum atomic E-state index is 11.0. The van der Waals surface area contributed by atoms with E-state index in [0.717, 1.165) is 45.7 Å². The van der Waals surface area contributed by atoms with E-state index in [1.807, 2.05) is 0 Å². The van der Waals surface area contributed by atoms with Crippen molar-refractivity contribution in [2.75, 3.05) is 32.7 Å². The second-order valence-corrected chi connectivity index (χ2v) is 5.94. The van der Waals surface area contributed by atoms with E-state index < -0.39 is 0 Å². The Bertz CT molecular complexity index is 436. The topological polar surface area (TPSA) is 49.6 Å². The minimum atomic E-state index is 0.301. The number of hydrogen-bond acceptors (Lipinski definition) is 4. The van der Waals surface area contributed by atoms with Crippen LogP contribution in [-0.4, -0.2) is 48.3 Å². The standard InChI is InChI=1S/C17H27N3O/c1-15(21)3-2-8-19-9-11-20(12-10-19)14-17-6-4-16(13-18)5-7-17/h4-7H,2-3,8-14,18H2,1H3. The summed E-state index contributed by atoms with van der Waals surface area (Å²) in [5.74, 6) is 0.301. The number of nitrogens with zero attached hydrogens (tertiary/aromatic N) is 2. The van der Waals surface area contributed by atoms with Crippen molar-refractivity contribution in [3.8, 4) is 0 Å². The van der Waals surface area contributed by atoms with E-state index >= 15 is 0 Å². The van der Waals surface area contributed by atoms with Crippen LogP contribution in [0.3, 0.4) is 0 Å². The Labute approximate surface area is 127 Å². The van der Waals surface area contributed by atoms with Crippen molar-refractivity contribution in [2.24, 2.45) is 5.73 Å². The fraction of sp³-hybridized carbons (Fsp3) is 0.588. The fourth-order valence-corrected chi connectivity index (χ4v) is 2.76. The van der Waals surface area contributed by atoms with Gasteiger partial charge < -0.3 is 15.4 Å². The van der Waals surface area contributed by atoms with Gasteiger partial charge in [-0.25, -0.2) is 0 Å². The molecular weight excluding hydrogens is 262 g/mol. The van der Waals surface area contributed by atoms with Crippen LogP contribution in [0.25, 0.3) is 0 Å². The lowest BCUT2D eigenvalue weighted by molar-refractivity contribution is -0.117. The van der Waals surface area contributed by atoms with Crippen LogP contribution in [0.15, 0.2) is 24.3 Å². The number of nitrogens with two attached hydrogens (primary N) is 1. The van der Waals surface area contributed by atoms with Crippen LogP contribution in [0.1, 0.15) is 30.9 Å². The molecule has 0 atom stereocenters. The van der Waals surface area contributed by atoms with E-state index in [1.54, 1.807) is 6.92 Å². The van der Waals surface area contributed by atoms with E-state index in [0.29, 0.717) is 18.7 Å². The van der Waals surface area contributed by atoms with E-state index in [1.165, 1.54) is 11.1 Å². The highest BCUT2D eigenvalue weighted by Gasteiger charge is 2.16. The largest absolute Gasteiger partial charge is 0.326 e. The Morgan fingerprint density at radius 1 is 1.05 bits per heavy atom. The molecule has 1 aromatic rings. The molecule has 0 aromatic heterocycles. The van der Waals surface area contributed by atoms with Crippen molar-refractivity contribution >= 4 is 5.78 Å². The predicted octanol–water partition coefficient (Wildman–Crippen LogP) is 1.63. The molecule has 0 unspecified atom stereocenters. The molecule has 0 bridgehead atoms. The molecule has 1 aliphatic rings. The second-order valence-electron chi connectivity index (χ2n) is 5.94. The molecule has 1 saturated heterocycles. The third kappa shape index (κ3) is 5.58. The predicted molar refractivity (Wildman–Crippen MR) is 86.0 cm³/mol. The summed E-state index contributed by atoms with van der Waals surface area (Å²) < 4.78 is 0. The minimum absolute atomic E-state index is 0.301. The van der Waals surface area contributed by atoms with Crippen molar-refractivity contribution < 1.29 is 4.79 Å². The van der Waals surface area contributed by atoms with Gasteiger partial charge in [0, 0.05) is 45.7 Å². The summed E-state index contributed by atoms with van der Waals surface area (Å²) >= 11 is 0. The third-order valence-corrected chi connectivity index (χ3v) is 4.13. The van der Waals surface area contributed by atoms with Crippen LogP contribution >= 0.6 is 0 Å². The molecule has 4 nitrogen and oxygen atoms in total. The highest BCUT2D eigenvalue weighted by Crippen LogP contribution is 2.10. The van der Waals surface area contributed by atoms with Gasteiger partial charge in [0.15, 0.2) is 0 Å². The Morgan fingerprint density at radius 3 is 2.19 bits per heavy atom. The molecule has 0 spiro atoms. The summed E-state index contributed by atoms with van der Waals surface area (Å²) in [6.45, 7) is 8.80. The van der Waals surface area contributed by atoms with Gasteiger partial charge in [0.25, 0.3) is 0 Å². The summed E-state index contributed by atoms with van der Waals surface area (Å²) in [6, 6.07) is 8.60. The molecule has 0 radical (unpaired) electrons. The first-order chi connectivity index (χ1) is 10.2. The summed E-state index contributed by atoms with van der Waals surface area (Å²) in [4.78, 5) is 15.9. The fourth-order valence-electron chi connectivity index (χ4n) is 2.76. The summed E-state index contributed by atoms with van der Waals surface area (Å²) in [5.41, 5.74) is 8.17. The number of benzene rings is 1. The van der Waals surface area contributed by atoms with Crippen LogP contribution in [0, 0.1) is 0 Å². The lowest BCUT2D eigenvalue weighted by atomic mass is 10.1. The van der Waals surface area contributed by atoms with Crippen LogP contribution in [-0.2, 0) is 17.9 Å². The lowest BCUT2D eigenvalue weighted by Crippen LogP contribution is -2.46. The number of hydrogen-bond donors (Lipinski definition) is 1. The smallest absolute Gasteiger partial charge is 0.129 e. The normalized spacial score (nSPS) is 17.0. The monoisotopic (exact) mass is 289 g/mol. The molecular formula is C17H27N3O. The molecule has 116 valence electrons. The Morgan fingerprint density at radius 2 is 1.62 bits per heavy atom. The van der Waals surface area contributed by atoms with Gasteiger partial charge in [-0.1, -0.05) is 24.3 Å². The third-order valence-electron chi connectivity index (χ3n) is 4.13. The first-order valence-electron chi connectivity index (χ1n) is 7.89. The molecule has 1 aliphatic heterocycles. The Hall–Kier alpha value is -1.23. The van der Waals surface area contributed by atoms with Gasteiger partial charge in [0.05, 0.1) is 0 Å². The van der Waals surface area contributed by atoms with Gasteiger partial charge in [0.1, 0.15) is 5.78 Å². The number of Topliss-reactive ketones (excluding diaryl/α,β-unsaturated/α-hetero) is 1. The molecule has 0 amide bonds. The van der Waals surface area contributed by atoms with Crippen LogP contribution in [0.2, 0.25) is 0 Å². The first-order valence-corrected chi connectivity index (χ1v) is 7.89. The molecule has 0 aliphatic carbocycles. The summed E-state index contributed by atoms with van der Waals surface area (Å²) in [7, 11) is 0. The molecule has 1 fully saturated rings. The van der Waals surface area contributed by atoms with Crippen LogP contribution in [0.5, 0.6) is 0 Å². The van der Waals surface area contributed by atoms with Crippen molar-refractivity contribution in [1.82, 2.24) is 9.80 Å². The number of carbonyl (C=O) groups excluding carboxylic acids is 1. The molecule has 21 heavy (non-hydrogen) atoms. The Balaban J connectivity index is 1.69. The van der Waals surface area contributed by atoms with Gasteiger partial charge in [-0.3, -0.25) is 4.90 Å². The zero-order chi connectivity index (χ0) is 15.1. The maximum Gasteiger partial charge on any atom is 0.129 e. The highest BCUT2D eigenvalue weighted by molar-refractivity contribution is 5.75. The Kier molecular flexibility index (Phi) is 6.36. The van der Waals surface area contributed by atoms with Crippen LogP contribution in [0.4, 0.5) is 0 Å². The summed E-state index contributed by atoms with van der Waals surface area (Å²) in [5, 5.41) is 0. The van der Waals surface area contributed by atoms with E-state index in [-0.39, 0.29) is 0 Å². The van der Waals surface area contributed by atoms with Gasteiger partial charge in [-0.15, -0.1) is 0 Å². The SMILES string of the molecule is CC(=O)CCCN1CCN(Cc2ccc(CN)cc2)CC1. The number of ketones is 1. The summed E-state index contributed by atoms with van der Waals surface area (Å²) in [6.07, 6.45) is 1.71. The highest BCUT2D eigenvalue weighted by atomic mass is 16.1. The van der Waals surface area contributed by atoms with Gasteiger partial charge in [-0.2, -0.15) is 0 Å². The lowest BCUT2D eigenvalue weighted by Gasteiger charge is -2.34. The van der Waals surface area contributed by atoms with Gasteiger partial charge in [0.2, 0.25) is 0 Å². The van der Waals surface area contributed by atoms with Crippen molar-refractivity contribution in [3.63, 3.8) is 0 Å². The number of carbonyl (C=O) groups is 1. The molecule has 4 heteroatoms. The first kappa shape index (κ1) is 16.1. The zero-order valence-electron chi connectivity index (χ0n) is 13.1. The second kappa shape index (κ2) is 8.27. The molecule has 1 heterocycles.